The zero-order valence-electron chi connectivity index (χ0n) is 14.0. The summed E-state index contributed by atoms with van der Waals surface area (Å²) < 4.78 is 12.1. The van der Waals surface area contributed by atoms with Crippen molar-refractivity contribution < 1.29 is 9.00 Å². The second kappa shape index (κ2) is 8.37. The Morgan fingerprint density at radius 3 is 2.77 bits per heavy atom. The molecule has 134 valence electrons. The summed E-state index contributed by atoms with van der Waals surface area (Å²) in [5.74, 6) is 0.829. The molecule has 1 heterocycles. The van der Waals surface area contributed by atoms with Crippen LogP contribution < -0.4 is 10.6 Å². The number of nitrogens with one attached hydrogen (secondary N) is 2. The molecule has 0 aliphatic rings. The molecule has 0 fully saturated rings. The predicted molar refractivity (Wildman–Crippen MR) is 109 cm³/mol. The van der Waals surface area contributed by atoms with E-state index in [0.717, 1.165) is 21.1 Å². The fourth-order valence-electron chi connectivity index (χ4n) is 2.40. The van der Waals surface area contributed by atoms with Gasteiger partial charge in [-0.25, -0.2) is 9.97 Å². The first-order valence-corrected chi connectivity index (χ1v) is 10.4. The van der Waals surface area contributed by atoms with Gasteiger partial charge in [-0.2, -0.15) is 0 Å². The van der Waals surface area contributed by atoms with Crippen molar-refractivity contribution >= 4 is 60.7 Å². The van der Waals surface area contributed by atoms with E-state index in [-0.39, 0.29) is 12.3 Å². The lowest BCUT2D eigenvalue weighted by Crippen LogP contribution is -2.14. The summed E-state index contributed by atoms with van der Waals surface area (Å²) in [5.41, 5.74) is 2.31. The molecule has 8 heteroatoms. The van der Waals surface area contributed by atoms with E-state index in [0.29, 0.717) is 17.3 Å². The van der Waals surface area contributed by atoms with Gasteiger partial charge in [0.25, 0.3) is 0 Å². The highest BCUT2D eigenvalue weighted by molar-refractivity contribution is 9.10. The highest BCUT2D eigenvalue weighted by Crippen LogP contribution is 2.26. The number of nitrogens with zero attached hydrogens (tertiary/aromatic N) is 2. The van der Waals surface area contributed by atoms with Crippen molar-refractivity contribution in [3.63, 3.8) is 0 Å². The summed E-state index contributed by atoms with van der Waals surface area (Å²) in [4.78, 5) is 20.6. The van der Waals surface area contributed by atoms with Crippen LogP contribution in [0.2, 0.25) is 0 Å². The normalized spacial score (nSPS) is 11.9. The average molecular weight is 433 g/mol. The minimum absolute atomic E-state index is 0.169. The number of anilines is 3. The van der Waals surface area contributed by atoms with Crippen molar-refractivity contribution in [2.24, 2.45) is 0 Å². The summed E-state index contributed by atoms with van der Waals surface area (Å²) in [6.07, 6.45) is 3.30. The van der Waals surface area contributed by atoms with Crippen molar-refractivity contribution in [1.29, 1.82) is 0 Å². The third-order valence-corrected chi connectivity index (χ3v) is 4.90. The van der Waals surface area contributed by atoms with Gasteiger partial charge >= 0.3 is 0 Å². The van der Waals surface area contributed by atoms with E-state index in [1.807, 2.05) is 36.4 Å². The van der Waals surface area contributed by atoms with Gasteiger partial charge in [0, 0.05) is 50.5 Å². The average Bonchev–Trinajstić information content (AvgIpc) is 2.60. The maximum absolute atomic E-state index is 12.0. The smallest absolute Gasteiger partial charge is 0.225 e. The summed E-state index contributed by atoms with van der Waals surface area (Å²) in [6.45, 7) is 0. The first-order valence-electron chi connectivity index (χ1n) is 7.88. The summed E-state index contributed by atoms with van der Waals surface area (Å²) in [6, 6.07) is 13.2. The molecule has 0 bridgehead atoms. The maximum atomic E-state index is 12.0. The topological polar surface area (TPSA) is 84.0 Å². The lowest BCUT2D eigenvalue weighted by Gasteiger charge is -2.10. The molecule has 26 heavy (non-hydrogen) atoms. The number of benzene rings is 2. The quantitative estimate of drug-likeness (QED) is 0.617. The molecule has 3 rings (SSSR count). The number of hydrogen-bond acceptors (Lipinski definition) is 5. The Kier molecular flexibility index (Phi) is 5.95. The van der Waals surface area contributed by atoms with E-state index >= 15 is 0 Å². The van der Waals surface area contributed by atoms with Crippen molar-refractivity contribution in [3.8, 4) is 0 Å². The minimum atomic E-state index is -0.989. The van der Waals surface area contributed by atoms with Crippen LogP contribution >= 0.6 is 15.9 Å². The largest absolute Gasteiger partial charge is 0.340 e. The summed E-state index contributed by atoms with van der Waals surface area (Å²) >= 11 is 3.45. The summed E-state index contributed by atoms with van der Waals surface area (Å²) in [7, 11) is -0.989. The Morgan fingerprint density at radius 1 is 1.15 bits per heavy atom. The molecule has 2 aromatic carbocycles. The zero-order chi connectivity index (χ0) is 18.5. The van der Waals surface area contributed by atoms with Crippen molar-refractivity contribution in [2.45, 2.75) is 6.42 Å². The Labute approximate surface area is 162 Å². The van der Waals surface area contributed by atoms with Crippen LogP contribution in [-0.2, 0) is 15.6 Å². The van der Waals surface area contributed by atoms with Crippen LogP contribution in [0.4, 0.5) is 17.2 Å². The second-order valence-electron chi connectivity index (χ2n) is 5.67. The number of fused-ring (bicyclic) bond motifs is 1. The third-order valence-electron chi connectivity index (χ3n) is 3.62. The van der Waals surface area contributed by atoms with E-state index in [2.05, 4.69) is 36.5 Å². The van der Waals surface area contributed by atoms with Crippen LogP contribution in [0, 0.1) is 0 Å². The fraction of sp³-hybridized carbons (Fsp3) is 0.167. The van der Waals surface area contributed by atoms with Gasteiger partial charge in [-0.15, -0.1) is 0 Å². The second-order valence-corrected chi connectivity index (χ2v) is 8.14. The van der Waals surface area contributed by atoms with Crippen molar-refractivity contribution in [2.75, 3.05) is 22.6 Å². The molecule has 0 aliphatic carbocycles. The number of hydrogen-bond donors (Lipinski definition) is 2. The number of carbonyl (C=O) groups is 1. The summed E-state index contributed by atoms with van der Waals surface area (Å²) in [5, 5.41) is 6.90. The zero-order valence-corrected chi connectivity index (χ0v) is 16.4. The molecule has 1 amide bonds. The van der Waals surface area contributed by atoms with Crippen LogP contribution in [0.25, 0.3) is 10.9 Å². The Hall–Kier alpha value is -2.32. The predicted octanol–water partition coefficient (Wildman–Crippen LogP) is 3.84. The van der Waals surface area contributed by atoms with Gasteiger partial charge in [0.15, 0.2) is 0 Å². The van der Waals surface area contributed by atoms with E-state index in [9.17, 15) is 9.00 Å². The van der Waals surface area contributed by atoms with E-state index in [4.69, 9.17) is 0 Å². The molecule has 0 radical (unpaired) electrons. The monoisotopic (exact) mass is 432 g/mol. The highest BCUT2D eigenvalue weighted by Gasteiger charge is 2.08. The highest BCUT2D eigenvalue weighted by atomic mass is 79.9. The standard InChI is InChI=1S/C18H17BrN4O2S/c1-26(25)8-7-17(24)22-14-5-6-16-15(10-14)18(21-11-20-16)23-13-4-2-3-12(19)9-13/h2-6,9-11H,7-8H2,1H3,(H,22,24)(H,20,21,23). The van der Waals surface area contributed by atoms with Gasteiger partial charge in [-0.3, -0.25) is 9.00 Å². The van der Waals surface area contributed by atoms with Gasteiger partial charge in [-0.05, 0) is 36.4 Å². The van der Waals surface area contributed by atoms with Crippen molar-refractivity contribution in [3.05, 3.63) is 53.3 Å². The van der Waals surface area contributed by atoms with Gasteiger partial charge in [0.05, 0.1) is 5.52 Å². The number of amides is 1. The Morgan fingerprint density at radius 2 is 2.00 bits per heavy atom. The van der Waals surface area contributed by atoms with Gasteiger partial charge in [0.1, 0.15) is 12.1 Å². The van der Waals surface area contributed by atoms with Crippen molar-refractivity contribution in [1.82, 2.24) is 9.97 Å². The van der Waals surface area contributed by atoms with Gasteiger partial charge < -0.3 is 10.6 Å². The SMILES string of the molecule is CS(=O)CCC(=O)Nc1ccc2ncnc(Nc3cccc(Br)c3)c2c1. The Balaban J connectivity index is 1.85. The van der Waals surface area contributed by atoms with Crippen LogP contribution in [-0.4, -0.2) is 32.1 Å². The Bertz CT molecular complexity index is 980. The molecule has 2 N–H and O–H groups in total. The molecule has 3 aromatic rings. The molecular weight excluding hydrogens is 416 g/mol. The molecule has 6 nitrogen and oxygen atoms in total. The minimum Gasteiger partial charge on any atom is -0.340 e. The van der Waals surface area contributed by atoms with E-state index < -0.39 is 10.8 Å². The maximum Gasteiger partial charge on any atom is 0.225 e. The molecule has 1 atom stereocenters. The van der Waals surface area contributed by atoms with E-state index in [1.165, 1.54) is 6.33 Å². The van der Waals surface area contributed by atoms with Crippen LogP contribution in [0.1, 0.15) is 6.42 Å². The van der Waals surface area contributed by atoms with Gasteiger partial charge in [-0.1, -0.05) is 22.0 Å². The van der Waals surface area contributed by atoms with E-state index in [1.54, 1.807) is 12.3 Å². The van der Waals surface area contributed by atoms with Gasteiger partial charge in [0.2, 0.25) is 5.91 Å². The molecular formula is C18H17BrN4O2S. The van der Waals surface area contributed by atoms with Crippen LogP contribution in [0.5, 0.6) is 0 Å². The molecule has 1 aromatic heterocycles. The fourth-order valence-corrected chi connectivity index (χ4v) is 3.27. The van der Waals surface area contributed by atoms with Crippen LogP contribution in [0.3, 0.4) is 0 Å². The third kappa shape index (κ3) is 4.86. The number of aromatic nitrogens is 2. The molecule has 0 aliphatic heterocycles. The lowest BCUT2D eigenvalue weighted by molar-refractivity contribution is -0.115. The number of rotatable bonds is 6. The first-order chi connectivity index (χ1) is 12.5. The number of halogens is 1. The number of carbonyl (C=O) groups excluding carboxylic acids is 1. The molecule has 0 saturated carbocycles. The first kappa shape index (κ1) is 18.5. The molecule has 0 spiro atoms. The van der Waals surface area contributed by atoms with Crippen LogP contribution in [0.15, 0.2) is 53.3 Å². The molecule has 1 unspecified atom stereocenters. The lowest BCUT2D eigenvalue weighted by atomic mass is 10.2. The molecule has 0 saturated heterocycles.